The number of aliphatic hydroxyl groups excluding tert-OH is 3. The van der Waals surface area contributed by atoms with E-state index < -0.39 is 24.4 Å². The fraction of sp³-hybridized carbons (Fsp3) is 0.300. The molecular formula is C20H18Cl2O4. The SMILES string of the molecule is OCC1CC(O)C(O)[C@@H](c2cccc(C#Cc3cc(Cl)cc(Cl)c3)c2)O1. The number of halogens is 2. The van der Waals surface area contributed by atoms with E-state index in [9.17, 15) is 15.3 Å². The van der Waals surface area contributed by atoms with Gasteiger partial charge in [-0.25, -0.2) is 0 Å². The van der Waals surface area contributed by atoms with Crippen molar-refractivity contribution in [2.24, 2.45) is 0 Å². The van der Waals surface area contributed by atoms with E-state index in [2.05, 4.69) is 11.8 Å². The molecule has 1 heterocycles. The summed E-state index contributed by atoms with van der Waals surface area (Å²) in [6.07, 6.45) is -3.05. The summed E-state index contributed by atoms with van der Waals surface area (Å²) >= 11 is 12.0. The summed E-state index contributed by atoms with van der Waals surface area (Å²) in [6, 6.07) is 12.3. The number of rotatable bonds is 2. The normalized spacial score (nSPS) is 25.4. The molecule has 0 spiro atoms. The molecule has 0 radical (unpaired) electrons. The van der Waals surface area contributed by atoms with Crippen molar-refractivity contribution in [3.63, 3.8) is 0 Å². The highest BCUT2D eigenvalue weighted by molar-refractivity contribution is 6.34. The van der Waals surface area contributed by atoms with Crippen molar-refractivity contribution in [1.82, 2.24) is 0 Å². The number of aliphatic hydroxyl groups is 3. The average molecular weight is 393 g/mol. The summed E-state index contributed by atoms with van der Waals surface area (Å²) in [7, 11) is 0. The van der Waals surface area contributed by atoms with Gasteiger partial charge in [0.05, 0.1) is 18.8 Å². The Hall–Kier alpha value is -1.58. The molecule has 3 rings (SSSR count). The lowest BCUT2D eigenvalue weighted by molar-refractivity contribution is -0.179. The third-order valence-electron chi connectivity index (χ3n) is 4.18. The molecule has 1 aliphatic heterocycles. The van der Waals surface area contributed by atoms with Gasteiger partial charge in [-0.3, -0.25) is 0 Å². The van der Waals surface area contributed by atoms with Crippen LogP contribution in [0.25, 0.3) is 0 Å². The van der Waals surface area contributed by atoms with E-state index >= 15 is 0 Å². The Morgan fingerprint density at radius 3 is 2.38 bits per heavy atom. The molecule has 0 aromatic heterocycles. The van der Waals surface area contributed by atoms with Crippen LogP contribution >= 0.6 is 23.2 Å². The summed E-state index contributed by atoms with van der Waals surface area (Å²) in [5.74, 6) is 6.03. The first kappa shape index (κ1) is 19.2. The molecule has 0 amide bonds. The van der Waals surface area contributed by atoms with Crippen LogP contribution < -0.4 is 0 Å². The minimum atomic E-state index is -1.06. The van der Waals surface area contributed by atoms with E-state index in [4.69, 9.17) is 27.9 Å². The highest BCUT2D eigenvalue weighted by Crippen LogP contribution is 2.32. The van der Waals surface area contributed by atoms with Gasteiger partial charge in [0.25, 0.3) is 0 Å². The van der Waals surface area contributed by atoms with Crippen molar-refractivity contribution in [3.05, 3.63) is 69.2 Å². The maximum atomic E-state index is 10.2. The summed E-state index contributed by atoms with van der Waals surface area (Å²) in [5, 5.41) is 30.6. The Kier molecular flexibility index (Phi) is 6.20. The zero-order chi connectivity index (χ0) is 18.7. The third-order valence-corrected chi connectivity index (χ3v) is 4.62. The quantitative estimate of drug-likeness (QED) is 0.687. The molecule has 136 valence electrons. The first-order valence-corrected chi connectivity index (χ1v) is 8.92. The predicted octanol–water partition coefficient (Wildman–Crippen LogP) is 2.94. The van der Waals surface area contributed by atoms with Gasteiger partial charge < -0.3 is 20.1 Å². The van der Waals surface area contributed by atoms with Crippen LogP contribution in [0.3, 0.4) is 0 Å². The first-order chi connectivity index (χ1) is 12.5. The second kappa shape index (κ2) is 8.41. The van der Waals surface area contributed by atoms with Crippen LogP contribution in [0.15, 0.2) is 42.5 Å². The molecule has 4 atom stereocenters. The van der Waals surface area contributed by atoms with Gasteiger partial charge in [-0.1, -0.05) is 47.2 Å². The van der Waals surface area contributed by atoms with Gasteiger partial charge in [0.1, 0.15) is 12.2 Å². The Labute approximate surface area is 162 Å². The lowest BCUT2D eigenvalue weighted by Gasteiger charge is -2.36. The van der Waals surface area contributed by atoms with Gasteiger partial charge in [0, 0.05) is 27.6 Å². The summed E-state index contributed by atoms with van der Waals surface area (Å²) < 4.78 is 5.71. The minimum Gasteiger partial charge on any atom is -0.394 e. The van der Waals surface area contributed by atoms with E-state index in [1.807, 2.05) is 6.07 Å². The second-order valence-electron chi connectivity index (χ2n) is 6.19. The van der Waals surface area contributed by atoms with Gasteiger partial charge >= 0.3 is 0 Å². The summed E-state index contributed by atoms with van der Waals surface area (Å²) in [5.41, 5.74) is 2.10. The van der Waals surface area contributed by atoms with Crippen molar-refractivity contribution in [2.45, 2.75) is 30.8 Å². The van der Waals surface area contributed by atoms with Crippen molar-refractivity contribution in [1.29, 1.82) is 0 Å². The maximum absolute atomic E-state index is 10.2. The van der Waals surface area contributed by atoms with Crippen LogP contribution in [0.5, 0.6) is 0 Å². The van der Waals surface area contributed by atoms with Gasteiger partial charge in [0.15, 0.2) is 0 Å². The van der Waals surface area contributed by atoms with E-state index in [1.165, 1.54) is 0 Å². The van der Waals surface area contributed by atoms with Crippen LogP contribution in [-0.4, -0.2) is 40.2 Å². The standard InChI is InChI=1S/C20H18Cl2O4/c21-15-7-13(8-16(22)9-15)5-4-12-2-1-3-14(6-12)20-19(25)18(24)10-17(11-23)26-20/h1-3,6-9,17-20,23-25H,10-11H2/t17?,18?,19?,20-/m1/s1. The van der Waals surface area contributed by atoms with Gasteiger partial charge in [-0.05, 0) is 35.9 Å². The topological polar surface area (TPSA) is 69.9 Å². The van der Waals surface area contributed by atoms with Crippen molar-refractivity contribution in [2.75, 3.05) is 6.61 Å². The fourth-order valence-corrected chi connectivity index (χ4v) is 3.44. The van der Waals surface area contributed by atoms with E-state index in [0.717, 1.165) is 5.56 Å². The van der Waals surface area contributed by atoms with E-state index in [-0.39, 0.29) is 13.0 Å². The highest BCUT2D eigenvalue weighted by Gasteiger charge is 2.37. The molecule has 1 fully saturated rings. The average Bonchev–Trinajstić information content (AvgIpc) is 2.61. The molecule has 26 heavy (non-hydrogen) atoms. The van der Waals surface area contributed by atoms with Gasteiger partial charge in [-0.2, -0.15) is 0 Å². The van der Waals surface area contributed by atoms with Gasteiger partial charge in [0.2, 0.25) is 0 Å². The number of hydrogen-bond acceptors (Lipinski definition) is 4. The van der Waals surface area contributed by atoms with Crippen LogP contribution in [0.2, 0.25) is 10.0 Å². The fourth-order valence-electron chi connectivity index (χ4n) is 2.91. The zero-order valence-electron chi connectivity index (χ0n) is 13.8. The molecule has 0 saturated carbocycles. The Morgan fingerprint density at radius 1 is 1.00 bits per heavy atom. The largest absolute Gasteiger partial charge is 0.394 e. The van der Waals surface area contributed by atoms with Crippen LogP contribution in [0, 0.1) is 11.8 Å². The van der Waals surface area contributed by atoms with Crippen molar-refractivity contribution >= 4 is 23.2 Å². The molecule has 4 nitrogen and oxygen atoms in total. The molecule has 1 saturated heterocycles. The maximum Gasteiger partial charge on any atom is 0.111 e. The van der Waals surface area contributed by atoms with E-state index in [0.29, 0.717) is 21.2 Å². The molecule has 3 N–H and O–H groups in total. The minimum absolute atomic E-state index is 0.198. The molecule has 2 aromatic carbocycles. The molecule has 0 bridgehead atoms. The Morgan fingerprint density at radius 2 is 1.69 bits per heavy atom. The van der Waals surface area contributed by atoms with Crippen LogP contribution in [0.1, 0.15) is 29.2 Å². The molecule has 1 aliphatic rings. The lowest BCUT2D eigenvalue weighted by atomic mass is 9.92. The Balaban J connectivity index is 1.85. The van der Waals surface area contributed by atoms with Crippen molar-refractivity contribution < 1.29 is 20.1 Å². The number of benzene rings is 2. The smallest absolute Gasteiger partial charge is 0.111 e. The second-order valence-corrected chi connectivity index (χ2v) is 7.06. The Bertz CT molecular complexity index is 823. The van der Waals surface area contributed by atoms with Crippen molar-refractivity contribution in [3.8, 4) is 11.8 Å². The highest BCUT2D eigenvalue weighted by atomic mass is 35.5. The zero-order valence-corrected chi connectivity index (χ0v) is 15.3. The van der Waals surface area contributed by atoms with Crippen LogP contribution in [-0.2, 0) is 4.74 Å². The third kappa shape index (κ3) is 4.57. The van der Waals surface area contributed by atoms with E-state index in [1.54, 1.807) is 36.4 Å². The van der Waals surface area contributed by atoms with Crippen LogP contribution in [0.4, 0.5) is 0 Å². The molecule has 0 aliphatic carbocycles. The molecule has 3 unspecified atom stereocenters. The predicted molar refractivity (Wildman–Crippen MR) is 100 cm³/mol. The van der Waals surface area contributed by atoms with Gasteiger partial charge in [-0.15, -0.1) is 0 Å². The number of ether oxygens (including phenoxy) is 1. The lowest BCUT2D eigenvalue weighted by Crippen LogP contribution is -2.44. The molecular weight excluding hydrogens is 375 g/mol. The summed E-state index contributed by atoms with van der Waals surface area (Å²) in [4.78, 5) is 0. The monoisotopic (exact) mass is 392 g/mol. The first-order valence-electron chi connectivity index (χ1n) is 8.17. The molecule has 6 heteroatoms. The molecule has 2 aromatic rings. The summed E-state index contributed by atoms with van der Waals surface area (Å²) in [6.45, 7) is -0.213. The number of hydrogen-bond donors (Lipinski definition) is 3.